The second-order valence-electron chi connectivity index (χ2n) is 3.87. The molecule has 0 spiro atoms. The minimum atomic E-state index is 0.0290. The maximum absolute atomic E-state index is 12.0. The Kier molecular flexibility index (Phi) is 3.50. The Morgan fingerprint density at radius 3 is 2.56 bits per heavy atom. The van der Waals surface area contributed by atoms with E-state index in [1.807, 2.05) is 11.8 Å². The first-order chi connectivity index (χ1) is 7.70. The van der Waals surface area contributed by atoms with Crippen molar-refractivity contribution >= 4 is 17.4 Å². The molecule has 1 aromatic rings. The number of amides is 1. The maximum Gasteiger partial charge on any atom is 0.284 e. The lowest BCUT2D eigenvalue weighted by molar-refractivity contribution is 0.0643. The number of piperazine rings is 1. The van der Waals surface area contributed by atoms with Gasteiger partial charge < -0.3 is 9.80 Å². The molecule has 1 amide bonds. The van der Waals surface area contributed by atoms with Gasteiger partial charge in [-0.2, -0.15) is 4.37 Å². The van der Waals surface area contributed by atoms with Crippen LogP contribution in [-0.4, -0.2) is 57.8 Å². The summed E-state index contributed by atoms with van der Waals surface area (Å²) in [4.78, 5) is 20.4. The van der Waals surface area contributed by atoms with Crippen molar-refractivity contribution in [3.8, 4) is 0 Å². The van der Waals surface area contributed by atoms with E-state index in [4.69, 9.17) is 0 Å². The number of hydrogen-bond acceptors (Lipinski definition) is 5. The molecule has 16 heavy (non-hydrogen) atoms. The van der Waals surface area contributed by atoms with Crippen molar-refractivity contribution in [3.63, 3.8) is 0 Å². The van der Waals surface area contributed by atoms with Gasteiger partial charge in [0.05, 0.1) is 0 Å². The zero-order valence-corrected chi connectivity index (χ0v) is 10.5. The van der Waals surface area contributed by atoms with Crippen LogP contribution in [0, 0.1) is 6.92 Å². The molecule has 0 radical (unpaired) electrons. The Labute approximate surface area is 99.2 Å². The average Bonchev–Trinajstić information content (AvgIpc) is 2.75. The Hall–Kier alpha value is -1.01. The predicted molar refractivity (Wildman–Crippen MR) is 62.7 cm³/mol. The van der Waals surface area contributed by atoms with Crippen LogP contribution < -0.4 is 0 Å². The van der Waals surface area contributed by atoms with E-state index in [1.54, 1.807) is 0 Å². The van der Waals surface area contributed by atoms with Gasteiger partial charge in [0.2, 0.25) is 5.01 Å². The molecule has 1 saturated heterocycles. The number of rotatable bonds is 2. The fraction of sp³-hybridized carbons (Fsp3) is 0.700. The van der Waals surface area contributed by atoms with E-state index < -0.39 is 0 Å². The van der Waals surface area contributed by atoms with Crippen LogP contribution in [0.4, 0.5) is 0 Å². The van der Waals surface area contributed by atoms with Crippen molar-refractivity contribution < 1.29 is 4.79 Å². The molecule has 88 valence electrons. The van der Waals surface area contributed by atoms with E-state index in [9.17, 15) is 4.79 Å². The second kappa shape index (κ2) is 4.88. The first-order valence-corrected chi connectivity index (χ1v) is 6.30. The quantitative estimate of drug-likeness (QED) is 0.760. The highest BCUT2D eigenvalue weighted by Gasteiger charge is 2.23. The molecule has 0 N–H and O–H groups in total. The smallest absolute Gasteiger partial charge is 0.284 e. The van der Waals surface area contributed by atoms with Crippen molar-refractivity contribution in [3.05, 3.63) is 10.8 Å². The van der Waals surface area contributed by atoms with E-state index in [0.29, 0.717) is 10.8 Å². The van der Waals surface area contributed by atoms with Gasteiger partial charge in [-0.3, -0.25) is 4.79 Å². The van der Waals surface area contributed by atoms with Crippen LogP contribution in [0.3, 0.4) is 0 Å². The van der Waals surface area contributed by atoms with Gasteiger partial charge in [-0.25, -0.2) is 4.98 Å². The van der Waals surface area contributed by atoms with Crippen LogP contribution in [-0.2, 0) is 0 Å². The summed E-state index contributed by atoms with van der Waals surface area (Å²) in [6, 6.07) is 0. The number of likely N-dealkylation sites (N-methyl/N-ethyl adjacent to an activating group) is 1. The molecule has 0 aromatic carbocycles. The number of aryl methyl sites for hydroxylation is 1. The van der Waals surface area contributed by atoms with E-state index >= 15 is 0 Å². The fourth-order valence-electron chi connectivity index (χ4n) is 1.79. The molecule has 1 aromatic heterocycles. The van der Waals surface area contributed by atoms with Gasteiger partial charge >= 0.3 is 0 Å². The largest absolute Gasteiger partial charge is 0.334 e. The van der Waals surface area contributed by atoms with Crippen LogP contribution in [0.5, 0.6) is 0 Å². The molecule has 0 saturated carbocycles. The lowest BCUT2D eigenvalue weighted by Gasteiger charge is -2.33. The Morgan fingerprint density at radius 2 is 2.06 bits per heavy atom. The van der Waals surface area contributed by atoms with E-state index in [2.05, 4.69) is 21.2 Å². The summed E-state index contributed by atoms with van der Waals surface area (Å²) in [6.45, 7) is 8.52. The molecule has 1 aliphatic rings. The standard InChI is InChI=1S/C10H16N4OS/c1-3-13-4-6-14(7-5-13)10(15)9-11-8(2)12-16-9/h3-7H2,1-2H3. The number of hydrogen-bond donors (Lipinski definition) is 0. The predicted octanol–water partition coefficient (Wildman–Crippen LogP) is 0.624. The number of carbonyl (C=O) groups is 1. The van der Waals surface area contributed by atoms with Crippen molar-refractivity contribution in [2.75, 3.05) is 32.7 Å². The average molecular weight is 240 g/mol. The maximum atomic E-state index is 12.0. The van der Waals surface area contributed by atoms with Gasteiger partial charge in [0.1, 0.15) is 5.82 Å². The summed E-state index contributed by atoms with van der Waals surface area (Å²) in [5, 5.41) is 0.516. The van der Waals surface area contributed by atoms with E-state index in [-0.39, 0.29) is 5.91 Å². The molecule has 6 heteroatoms. The number of nitrogens with zero attached hydrogens (tertiary/aromatic N) is 4. The van der Waals surface area contributed by atoms with E-state index in [1.165, 1.54) is 11.5 Å². The second-order valence-corrected chi connectivity index (χ2v) is 4.63. The Balaban J connectivity index is 1.96. The lowest BCUT2D eigenvalue weighted by Crippen LogP contribution is -2.48. The molecule has 0 aliphatic carbocycles. The minimum absolute atomic E-state index is 0.0290. The summed E-state index contributed by atoms with van der Waals surface area (Å²) in [5.74, 6) is 0.710. The van der Waals surface area contributed by atoms with Gasteiger partial charge in [0, 0.05) is 26.2 Å². The lowest BCUT2D eigenvalue weighted by atomic mass is 10.3. The molecular weight excluding hydrogens is 224 g/mol. The molecule has 1 fully saturated rings. The molecule has 2 heterocycles. The first-order valence-electron chi connectivity index (χ1n) is 5.52. The molecule has 1 aliphatic heterocycles. The molecule has 5 nitrogen and oxygen atoms in total. The Bertz CT molecular complexity index is 371. The van der Waals surface area contributed by atoms with Crippen molar-refractivity contribution in [1.82, 2.24) is 19.2 Å². The van der Waals surface area contributed by atoms with Crippen LogP contribution in [0.25, 0.3) is 0 Å². The first kappa shape index (κ1) is 11.5. The summed E-state index contributed by atoms with van der Waals surface area (Å²) >= 11 is 1.19. The zero-order valence-electron chi connectivity index (χ0n) is 9.64. The Morgan fingerprint density at radius 1 is 1.38 bits per heavy atom. The van der Waals surface area contributed by atoms with Crippen LogP contribution in [0.15, 0.2) is 0 Å². The molecule has 0 unspecified atom stereocenters. The third-order valence-corrected chi connectivity index (χ3v) is 3.61. The van der Waals surface area contributed by atoms with Crippen LogP contribution in [0.2, 0.25) is 0 Å². The number of aromatic nitrogens is 2. The summed E-state index contributed by atoms with van der Waals surface area (Å²) in [6.07, 6.45) is 0. The zero-order chi connectivity index (χ0) is 11.5. The highest BCUT2D eigenvalue weighted by atomic mass is 32.1. The van der Waals surface area contributed by atoms with Crippen molar-refractivity contribution in [2.45, 2.75) is 13.8 Å². The van der Waals surface area contributed by atoms with Gasteiger partial charge in [-0.15, -0.1) is 0 Å². The summed E-state index contributed by atoms with van der Waals surface area (Å²) in [5.41, 5.74) is 0. The van der Waals surface area contributed by atoms with Gasteiger partial charge in [-0.05, 0) is 25.0 Å². The van der Waals surface area contributed by atoms with Gasteiger partial charge in [0.25, 0.3) is 5.91 Å². The van der Waals surface area contributed by atoms with Gasteiger partial charge in [0.15, 0.2) is 0 Å². The van der Waals surface area contributed by atoms with Gasteiger partial charge in [-0.1, -0.05) is 6.92 Å². The van der Waals surface area contributed by atoms with Crippen molar-refractivity contribution in [1.29, 1.82) is 0 Å². The monoisotopic (exact) mass is 240 g/mol. The third kappa shape index (κ3) is 2.38. The molecule has 0 bridgehead atoms. The normalized spacial score (nSPS) is 17.8. The molecule has 2 rings (SSSR count). The topological polar surface area (TPSA) is 49.3 Å². The third-order valence-electron chi connectivity index (χ3n) is 2.82. The minimum Gasteiger partial charge on any atom is -0.334 e. The summed E-state index contributed by atoms with van der Waals surface area (Å²) in [7, 11) is 0. The molecule has 0 atom stereocenters. The number of carbonyl (C=O) groups excluding carboxylic acids is 1. The highest BCUT2D eigenvalue weighted by molar-refractivity contribution is 7.07. The fourth-order valence-corrected chi connectivity index (χ4v) is 2.43. The van der Waals surface area contributed by atoms with E-state index in [0.717, 1.165) is 32.7 Å². The summed E-state index contributed by atoms with van der Waals surface area (Å²) < 4.78 is 4.04. The highest BCUT2D eigenvalue weighted by Crippen LogP contribution is 2.10. The van der Waals surface area contributed by atoms with Crippen LogP contribution >= 0.6 is 11.5 Å². The SMILES string of the molecule is CCN1CCN(C(=O)c2nc(C)ns2)CC1. The van der Waals surface area contributed by atoms with Crippen LogP contribution in [0.1, 0.15) is 22.6 Å². The molecular formula is C10H16N4OS. The van der Waals surface area contributed by atoms with Crippen molar-refractivity contribution in [2.24, 2.45) is 0 Å².